The smallest absolute Gasteiger partial charge is 0.187 e. The molecule has 0 aliphatic carbocycles. The Morgan fingerprint density at radius 3 is 1.74 bits per heavy atom. The lowest BCUT2D eigenvalue weighted by Gasteiger charge is -2.44. The number of hydrogen-bond acceptors (Lipinski definition) is 11. The van der Waals surface area contributed by atoms with Crippen LogP contribution in [-0.2, 0) is 14.2 Å². The van der Waals surface area contributed by atoms with Crippen molar-refractivity contribution in [2.24, 2.45) is 0 Å². The third-order valence-electron chi connectivity index (χ3n) is 3.98. The van der Waals surface area contributed by atoms with Crippen molar-refractivity contribution in [3.63, 3.8) is 0 Å². The summed E-state index contributed by atoms with van der Waals surface area (Å²) >= 11 is 0. The maximum Gasteiger partial charge on any atom is 0.187 e. The minimum absolute atomic E-state index is 0.651. The van der Waals surface area contributed by atoms with Gasteiger partial charge in [0, 0.05) is 0 Å². The number of aliphatic hydroxyl groups excluding tert-OH is 8. The molecule has 0 amide bonds. The van der Waals surface area contributed by atoms with E-state index in [1.165, 1.54) is 0 Å². The molecule has 0 spiro atoms. The fourth-order valence-electron chi connectivity index (χ4n) is 2.55. The quantitative estimate of drug-likeness (QED) is 0.243. The lowest BCUT2D eigenvalue weighted by atomic mass is 9.97. The van der Waals surface area contributed by atoms with Gasteiger partial charge in [-0.15, -0.1) is 0 Å². The molecule has 136 valence electrons. The van der Waals surface area contributed by atoms with Gasteiger partial charge in [0.1, 0.15) is 48.8 Å². The van der Waals surface area contributed by atoms with E-state index in [1.807, 2.05) is 0 Å². The molecule has 0 bridgehead atoms. The number of ether oxygens (including phenoxy) is 3. The summed E-state index contributed by atoms with van der Waals surface area (Å²) < 4.78 is 15.1. The maximum absolute atomic E-state index is 9.94. The summed E-state index contributed by atoms with van der Waals surface area (Å²) in [6.07, 6.45) is -15.6. The van der Waals surface area contributed by atoms with Gasteiger partial charge in [-0.1, -0.05) is 0 Å². The molecule has 10 atom stereocenters. The van der Waals surface area contributed by atoms with E-state index in [2.05, 4.69) is 0 Å². The molecule has 8 N–H and O–H groups in total. The molecule has 2 aliphatic rings. The zero-order valence-electron chi connectivity index (χ0n) is 12.0. The van der Waals surface area contributed by atoms with Crippen LogP contribution in [0.4, 0.5) is 0 Å². The second-order valence-corrected chi connectivity index (χ2v) is 5.53. The molecule has 0 unspecified atom stereocenters. The van der Waals surface area contributed by atoms with Crippen molar-refractivity contribution in [3.8, 4) is 0 Å². The van der Waals surface area contributed by atoms with Gasteiger partial charge in [-0.05, 0) is 0 Å². The van der Waals surface area contributed by atoms with Gasteiger partial charge in [-0.25, -0.2) is 0 Å². The summed E-state index contributed by atoms with van der Waals surface area (Å²) in [4.78, 5) is 0. The summed E-state index contributed by atoms with van der Waals surface area (Å²) in [6, 6.07) is 0. The Labute approximate surface area is 130 Å². The van der Waals surface area contributed by atoms with Gasteiger partial charge < -0.3 is 55.1 Å². The van der Waals surface area contributed by atoms with Gasteiger partial charge in [-0.2, -0.15) is 0 Å². The normalized spacial score (nSPS) is 51.7. The molecule has 0 aromatic rings. The van der Waals surface area contributed by atoms with Crippen LogP contribution < -0.4 is 0 Å². The average Bonchev–Trinajstić information content (AvgIpc) is 2.54. The molecule has 0 aromatic carbocycles. The SMILES string of the molecule is OC[C@H]1O[C@@H](O[C@@H]2[C@@H](O)[C@H](O)[C@@H](CO)O[C@H]2O)[C@@H](O)[C@@H](O)[C@@H]1O. The van der Waals surface area contributed by atoms with Crippen LogP contribution in [0.1, 0.15) is 0 Å². The predicted octanol–water partition coefficient (Wildman–Crippen LogP) is -5.40. The Balaban J connectivity index is 2.08. The van der Waals surface area contributed by atoms with E-state index in [-0.39, 0.29) is 0 Å². The molecule has 11 nitrogen and oxygen atoms in total. The van der Waals surface area contributed by atoms with Gasteiger partial charge in [-0.3, -0.25) is 0 Å². The Hall–Kier alpha value is -0.440. The first-order valence-corrected chi connectivity index (χ1v) is 7.08. The van der Waals surface area contributed by atoms with Crippen LogP contribution in [0.3, 0.4) is 0 Å². The second-order valence-electron chi connectivity index (χ2n) is 5.53. The molecule has 0 saturated carbocycles. The second kappa shape index (κ2) is 7.63. The standard InChI is InChI=1S/C12H22O11/c13-1-3-6(16)8(18)10(11(20)21-3)23-12-9(19)7(17)5(15)4(2-14)22-12/h3-20H,1-2H2/t3-,4-,5-,6-,7+,8+,9+,10-,11-,12+/m1/s1. The highest BCUT2D eigenvalue weighted by Crippen LogP contribution is 2.28. The molecule has 2 saturated heterocycles. The molecule has 0 radical (unpaired) electrons. The van der Waals surface area contributed by atoms with E-state index in [0.29, 0.717) is 0 Å². The maximum atomic E-state index is 9.94. The van der Waals surface area contributed by atoms with Crippen LogP contribution in [0, 0.1) is 0 Å². The van der Waals surface area contributed by atoms with Crippen molar-refractivity contribution >= 4 is 0 Å². The summed E-state index contributed by atoms with van der Waals surface area (Å²) in [5.74, 6) is 0. The van der Waals surface area contributed by atoms with Crippen LogP contribution in [-0.4, -0.2) is 115 Å². The highest BCUT2D eigenvalue weighted by Gasteiger charge is 2.50. The summed E-state index contributed by atoms with van der Waals surface area (Å²) in [5, 5.41) is 76.7. The molecular weight excluding hydrogens is 320 g/mol. The van der Waals surface area contributed by atoms with Crippen LogP contribution in [0.5, 0.6) is 0 Å². The van der Waals surface area contributed by atoms with E-state index in [0.717, 1.165) is 0 Å². The molecular formula is C12H22O11. The van der Waals surface area contributed by atoms with Crippen molar-refractivity contribution in [1.29, 1.82) is 0 Å². The van der Waals surface area contributed by atoms with Crippen LogP contribution >= 0.6 is 0 Å². The minimum atomic E-state index is -1.75. The van der Waals surface area contributed by atoms with E-state index in [9.17, 15) is 30.6 Å². The lowest BCUT2D eigenvalue weighted by molar-refractivity contribution is -0.361. The van der Waals surface area contributed by atoms with Crippen molar-refractivity contribution < 1.29 is 55.1 Å². The summed E-state index contributed by atoms with van der Waals surface area (Å²) in [6.45, 7) is -1.33. The Kier molecular flexibility index (Phi) is 6.27. The monoisotopic (exact) mass is 342 g/mol. The van der Waals surface area contributed by atoms with Crippen LogP contribution in [0.15, 0.2) is 0 Å². The summed E-state index contributed by atoms with van der Waals surface area (Å²) in [5.41, 5.74) is 0. The fraction of sp³-hybridized carbons (Fsp3) is 1.00. The van der Waals surface area contributed by atoms with Gasteiger partial charge in [0.15, 0.2) is 12.6 Å². The number of aliphatic hydroxyl groups is 8. The molecule has 2 heterocycles. The molecule has 11 heteroatoms. The van der Waals surface area contributed by atoms with Gasteiger partial charge in [0.05, 0.1) is 13.2 Å². The highest BCUT2D eigenvalue weighted by atomic mass is 16.7. The first-order chi connectivity index (χ1) is 10.8. The number of rotatable bonds is 4. The van der Waals surface area contributed by atoms with Gasteiger partial charge in [0.25, 0.3) is 0 Å². The van der Waals surface area contributed by atoms with E-state index in [1.54, 1.807) is 0 Å². The average molecular weight is 342 g/mol. The zero-order valence-corrected chi connectivity index (χ0v) is 12.0. The first-order valence-electron chi connectivity index (χ1n) is 7.08. The lowest BCUT2D eigenvalue weighted by Crippen LogP contribution is -2.64. The Morgan fingerprint density at radius 2 is 1.17 bits per heavy atom. The molecule has 23 heavy (non-hydrogen) atoms. The van der Waals surface area contributed by atoms with Crippen LogP contribution in [0.2, 0.25) is 0 Å². The van der Waals surface area contributed by atoms with Gasteiger partial charge >= 0.3 is 0 Å². The van der Waals surface area contributed by atoms with Crippen molar-refractivity contribution in [3.05, 3.63) is 0 Å². The van der Waals surface area contributed by atoms with Crippen molar-refractivity contribution in [1.82, 2.24) is 0 Å². The summed E-state index contributed by atoms with van der Waals surface area (Å²) in [7, 11) is 0. The van der Waals surface area contributed by atoms with E-state index >= 15 is 0 Å². The van der Waals surface area contributed by atoms with E-state index in [4.69, 9.17) is 24.4 Å². The molecule has 2 fully saturated rings. The van der Waals surface area contributed by atoms with Crippen molar-refractivity contribution in [2.45, 2.75) is 61.4 Å². The Bertz CT molecular complexity index is 380. The van der Waals surface area contributed by atoms with Gasteiger partial charge in [0.2, 0.25) is 0 Å². The third kappa shape index (κ3) is 3.65. The molecule has 2 rings (SSSR count). The predicted molar refractivity (Wildman–Crippen MR) is 68.6 cm³/mol. The first kappa shape index (κ1) is 18.9. The number of hydrogen-bond donors (Lipinski definition) is 8. The third-order valence-corrected chi connectivity index (χ3v) is 3.98. The molecule has 0 aromatic heterocycles. The van der Waals surface area contributed by atoms with E-state index < -0.39 is 74.6 Å². The largest absolute Gasteiger partial charge is 0.394 e. The highest BCUT2D eigenvalue weighted by molar-refractivity contribution is 4.93. The Morgan fingerprint density at radius 1 is 0.652 bits per heavy atom. The van der Waals surface area contributed by atoms with Crippen molar-refractivity contribution in [2.75, 3.05) is 13.2 Å². The topological polar surface area (TPSA) is 190 Å². The minimum Gasteiger partial charge on any atom is -0.394 e. The molecule has 2 aliphatic heterocycles. The zero-order chi connectivity index (χ0) is 17.3. The van der Waals surface area contributed by atoms with Crippen LogP contribution in [0.25, 0.3) is 0 Å². The fourth-order valence-corrected chi connectivity index (χ4v) is 2.55.